The first-order valence-electron chi connectivity index (χ1n) is 10.6. The second-order valence-electron chi connectivity index (χ2n) is 7.93. The monoisotopic (exact) mass is 477 g/mol. The third-order valence-corrected chi connectivity index (χ3v) is 6.11. The van der Waals surface area contributed by atoms with Crippen LogP contribution in [0.25, 0.3) is 0 Å². The first-order valence-corrected chi connectivity index (χ1v) is 11.4. The molecule has 0 radical (unpaired) electrons. The van der Waals surface area contributed by atoms with Gasteiger partial charge in [0.05, 0.1) is 0 Å². The summed E-state index contributed by atoms with van der Waals surface area (Å²) in [6.45, 7) is 0. The van der Waals surface area contributed by atoms with Crippen LogP contribution in [0.2, 0.25) is 0 Å². The van der Waals surface area contributed by atoms with Gasteiger partial charge in [-0.3, -0.25) is 14.4 Å². The topological polar surface area (TPSA) is 112 Å². The molecule has 2 unspecified atom stereocenters. The minimum Gasteiger partial charge on any atom is -0.343 e. The Labute approximate surface area is 200 Å². The van der Waals surface area contributed by atoms with Crippen molar-refractivity contribution < 1.29 is 19.2 Å². The zero-order chi connectivity index (χ0) is 24.2. The van der Waals surface area contributed by atoms with Gasteiger partial charge < -0.3 is 15.5 Å². The number of imide groups is 1. The van der Waals surface area contributed by atoms with Gasteiger partial charge >= 0.3 is 6.03 Å². The van der Waals surface area contributed by atoms with Crippen LogP contribution in [-0.4, -0.2) is 58.7 Å². The normalized spacial score (nSPS) is 16.2. The fourth-order valence-corrected chi connectivity index (χ4v) is 4.33. The van der Waals surface area contributed by atoms with Gasteiger partial charge in [-0.25, -0.2) is 14.7 Å². The molecule has 34 heavy (non-hydrogen) atoms. The summed E-state index contributed by atoms with van der Waals surface area (Å²) >= 11 is 1.09. The molecule has 2 aromatic carbocycles. The summed E-state index contributed by atoms with van der Waals surface area (Å²) in [7, 11) is 3.22. The van der Waals surface area contributed by atoms with Crippen LogP contribution in [0.15, 0.2) is 66.0 Å². The number of benzene rings is 2. The molecule has 3 aromatic rings. The Morgan fingerprint density at radius 1 is 1.09 bits per heavy atom. The Hall–Kier alpha value is -4.05. The summed E-state index contributed by atoms with van der Waals surface area (Å²) in [6.07, 6.45) is 0.127. The molecule has 0 aliphatic carbocycles. The van der Waals surface area contributed by atoms with Gasteiger partial charge in [-0.05, 0) is 11.1 Å². The first-order chi connectivity index (χ1) is 16.3. The molecule has 1 saturated heterocycles. The minimum atomic E-state index is -1.11. The molecule has 0 saturated carbocycles. The van der Waals surface area contributed by atoms with Crippen LogP contribution in [0.5, 0.6) is 0 Å². The summed E-state index contributed by atoms with van der Waals surface area (Å²) in [5.41, 5.74) is 1.62. The van der Waals surface area contributed by atoms with E-state index in [2.05, 4.69) is 15.6 Å². The predicted molar refractivity (Wildman–Crippen MR) is 127 cm³/mol. The lowest BCUT2D eigenvalue weighted by Crippen LogP contribution is -2.49. The number of urea groups is 1. The number of nitrogens with zero attached hydrogens (tertiary/aromatic N) is 3. The molecule has 2 atom stereocenters. The second kappa shape index (κ2) is 9.84. The fraction of sp³-hybridized carbons (Fsp3) is 0.208. The van der Waals surface area contributed by atoms with E-state index in [4.69, 9.17) is 0 Å². The molecular formula is C24H23N5O4S. The van der Waals surface area contributed by atoms with E-state index in [-0.39, 0.29) is 23.2 Å². The SMILES string of the molecule is CN(C)C(=O)c1csc(NC(=O)C(Cc2ccccc2)N2C(=O)NC(c3ccccc3)C2=O)n1. The van der Waals surface area contributed by atoms with Gasteiger partial charge in [0.1, 0.15) is 17.8 Å². The van der Waals surface area contributed by atoms with Gasteiger partial charge in [0.15, 0.2) is 5.13 Å². The van der Waals surface area contributed by atoms with Crippen LogP contribution in [0.3, 0.4) is 0 Å². The van der Waals surface area contributed by atoms with Gasteiger partial charge in [-0.2, -0.15) is 0 Å². The van der Waals surface area contributed by atoms with Crippen molar-refractivity contribution >= 4 is 40.2 Å². The lowest BCUT2D eigenvalue weighted by atomic mass is 10.0. The smallest absolute Gasteiger partial charge is 0.325 e. The number of carbonyl (C=O) groups excluding carboxylic acids is 4. The maximum atomic E-state index is 13.3. The van der Waals surface area contributed by atoms with Crippen molar-refractivity contribution in [3.05, 3.63) is 82.9 Å². The first kappa shape index (κ1) is 23.1. The lowest BCUT2D eigenvalue weighted by molar-refractivity contribution is -0.134. The summed E-state index contributed by atoms with van der Waals surface area (Å²) in [6, 6.07) is 15.4. The maximum absolute atomic E-state index is 13.3. The van der Waals surface area contributed by atoms with Crippen molar-refractivity contribution in [1.29, 1.82) is 0 Å². The Morgan fingerprint density at radius 2 is 1.74 bits per heavy atom. The summed E-state index contributed by atoms with van der Waals surface area (Å²) in [5, 5.41) is 7.11. The molecule has 1 aliphatic rings. The quantitative estimate of drug-likeness (QED) is 0.508. The van der Waals surface area contributed by atoms with Crippen LogP contribution >= 0.6 is 11.3 Å². The highest BCUT2D eigenvalue weighted by atomic mass is 32.1. The van der Waals surface area contributed by atoms with Crippen molar-refractivity contribution in [2.45, 2.75) is 18.5 Å². The molecule has 2 N–H and O–H groups in total. The summed E-state index contributed by atoms with van der Waals surface area (Å²) in [5.74, 6) is -1.37. The number of aromatic nitrogens is 1. The number of nitrogens with one attached hydrogen (secondary N) is 2. The molecule has 4 rings (SSSR count). The van der Waals surface area contributed by atoms with E-state index in [0.29, 0.717) is 5.56 Å². The number of rotatable bonds is 7. The Bertz CT molecular complexity index is 1210. The number of hydrogen-bond donors (Lipinski definition) is 2. The van der Waals surface area contributed by atoms with Crippen molar-refractivity contribution in [3.8, 4) is 0 Å². The van der Waals surface area contributed by atoms with Gasteiger partial charge in [-0.1, -0.05) is 60.7 Å². The standard InChI is InChI=1S/C24H23N5O4S/c1-28(2)21(31)17-14-34-23(25-17)27-20(30)18(13-15-9-5-3-6-10-15)29-22(32)19(26-24(29)33)16-11-7-4-8-12-16/h3-12,14,18-19H,13H2,1-2H3,(H,26,33)(H,25,27,30). The predicted octanol–water partition coefficient (Wildman–Crippen LogP) is 2.69. The molecule has 1 fully saturated rings. The number of hydrogen-bond acceptors (Lipinski definition) is 6. The van der Waals surface area contributed by atoms with E-state index in [1.54, 1.807) is 43.7 Å². The molecule has 10 heteroatoms. The lowest BCUT2D eigenvalue weighted by Gasteiger charge is -2.24. The molecule has 2 heterocycles. The molecule has 0 spiro atoms. The van der Waals surface area contributed by atoms with E-state index < -0.39 is 29.9 Å². The molecule has 9 nitrogen and oxygen atoms in total. The third-order valence-electron chi connectivity index (χ3n) is 5.35. The number of anilines is 1. The Morgan fingerprint density at radius 3 is 2.38 bits per heavy atom. The summed E-state index contributed by atoms with van der Waals surface area (Å²) < 4.78 is 0. The molecule has 174 valence electrons. The van der Waals surface area contributed by atoms with Gasteiger partial charge in [-0.15, -0.1) is 11.3 Å². The van der Waals surface area contributed by atoms with Crippen LogP contribution in [0.4, 0.5) is 9.93 Å². The highest BCUT2D eigenvalue weighted by molar-refractivity contribution is 7.14. The average Bonchev–Trinajstić information content (AvgIpc) is 3.42. The Balaban J connectivity index is 1.60. The second-order valence-corrected chi connectivity index (χ2v) is 8.79. The Kier molecular flexibility index (Phi) is 6.69. The van der Waals surface area contributed by atoms with Crippen molar-refractivity contribution in [2.24, 2.45) is 0 Å². The fourth-order valence-electron chi connectivity index (χ4n) is 3.65. The number of amides is 5. The maximum Gasteiger partial charge on any atom is 0.325 e. The van der Waals surface area contributed by atoms with Gasteiger partial charge in [0.2, 0.25) is 5.91 Å². The highest BCUT2D eigenvalue weighted by Crippen LogP contribution is 2.26. The zero-order valence-corrected chi connectivity index (χ0v) is 19.4. The van der Waals surface area contributed by atoms with Crippen LogP contribution in [0.1, 0.15) is 27.7 Å². The molecule has 1 aromatic heterocycles. The number of thiazole rings is 1. The van der Waals surface area contributed by atoms with Gasteiger partial charge in [0, 0.05) is 25.9 Å². The van der Waals surface area contributed by atoms with E-state index in [0.717, 1.165) is 21.8 Å². The van der Waals surface area contributed by atoms with E-state index in [9.17, 15) is 19.2 Å². The summed E-state index contributed by atoms with van der Waals surface area (Å²) in [4.78, 5) is 58.2. The number of carbonyl (C=O) groups is 4. The molecule has 0 bridgehead atoms. The average molecular weight is 478 g/mol. The highest BCUT2D eigenvalue weighted by Gasteiger charge is 2.45. The molecular weight excluding hydrogens is 454 g/mol. The van der Waals surface area contributed by atoms with E-state index >= 15 is 0 Å². The molecule has 5 amide bonds. The van der Waals surface area contributed by atoms with Crippen LogP contribution in [-0.2, 0) is 16.0 Å². The van der Waals surface area contributed by atoms with E-state index in [1.165, 1.54) is 4.90 Å². The van der Waals surface area contributed by atoms with Gasteiger partial charge in [0.25, 0.3) is 11.8 Å². The van der Waals surface area contributed by atoms with Crippen molar-refractivity contribution in [2.75, 3.05) is 19.4 Å². The van der Waals surface area contributed by atoms with Crippen LogP contribution in [0, 0.1) is 0 Å². The van der Waals surface area contributed by atoms with E-state index in [1.807, 2.05) is 36.4 Å². The largest absolute Gasteiger partial charge is 0.343 e. The minimum absolute atomic E-state index is 0.127. The third kappa shape index (κ3) is 4.81. The van der Waals surface area contributed by atoms with Crippen LogP contribution < -0.4 is 10.6 Å². The molecule has 1 aliphatic heterocycles. The van der Waals surface area contributed by atoms with Crippen molar-refractivity contribution in [1.82, 2.24) is 20.1 Å². The zero-order valence-electron chi connectivity index (χ0n) is 18.6. The van der Waals surface area contributed by atoms with Crippen molar-refractivity contribution in [3.63, 3.8) is 0 Å².